The number of hydrogen-bond acceptors (Lipinski definition) is 3. The molecular weight excluding hydrogens is 378 g/mol. The van der Waals surface area contributed by atoms with Crippen molar-refractivity contribution in [2.45, 2.75) is 77.5 Å². The molecule has 5 nitrogen and oxygen atoms in total. The summed E-state index contributed by atoms with van der Waals surface area (Å²) in [5.41, 5.74) is 0.334. The van der Waals surface area contributed by atoms with Crippen molar-refractivity contribution in [3.05, 3.63) is 47.5 Å². The average Bonchev–Trinajstić information content (AvgIpc) is 2.60. The molecule has 1 aromatic carbocycles. The van der Waals surface area contributed by atoms with E-state index in [9.17, 15) is 23.5 Å². The van der Waals surface area contributed by atoms with Gasteiger partial charge in [0.2, 0.25) is 11.8 Å². The predicted octanol–water partition coefficient (Wildman–Crippen LogP) is 3.40. The largest absolute Gasteiger partial charge is 0.391 e. The van der Waals surface area contributed by atoms with E-state index >= 15 is 0 Å². The molecule has 0 aliphatic heterocycles. The van der Waals surface area contributed by atoms with E-state index in [4.69, 9.17) is 0 Å². The van der Waals surface area contributed by atoms with Gasteiger partial charge in [0.25, 0.3) is 0 Å². The smallest absolute Gasteiger partial charge is 0.224 e. The highest BCUT2D eigenvalue weighted by Crippen LogP contribution is 2.15. The minimum absolute atomic E-state index is 0.0709. The molecule has 0 radical (unpaired) electrons. The van der Waals surface area contributed by atoms with Crippen molar-refractivity contribution in [3.63, 3.8) is 0 Å². The maximum Gasteiger partial charge on any atom is 0.224 e. The van der Waals surface area contributed by atoms with E-state index in [0.717, 1.165) is 18.9 Å². The molecule has 0 aliphatic carbocycles. The van der Waals surface area contributed by atoms with E-state index in [1.54, 1.807) is 6.08 Å². The molecule has 0 bridgehead atoms. The summed E-state index contributed by atoms with van der Waals surface area (Å²) in [4.78, 5) is 23.7. The molecule has 162 valence electrons. The molecule has 1 aromatic rings. The minimum Gasteiger partial charge on any atom is -0.391 e. The molecule has 0 saturated carbocycles. The van der Waals surface area contributed by atoms with Crippen LogP contribution in [0.5, 0.6) is 0 Å². The summed E-state index contributed by atoms with van der Waals surface area (Å²) >= 11 is 0. The van der Waals surface area contributed by atoms with Crippen molar-refractivity contribution in [2.75, 3.05) is 0 Å². The highest BCUT2D eigenvalue weighted by Gasteiger charge is 2.25. The number of carbonyl (C=O) groups is 2. The monoisotopic (exact) mass is 410 g/mol. The number of aliphatic hydroxyl groups is 1. The maximum absolute atomic E-state index is 13.5. The SMILES string of the molecule is CCC=CCC(=O)NC(CCC)C[C@H](O)[C@H](Cc1cc(F)cc(F)c1)NC(C)=O. The lowest BCUT2D eigenvalue weighted by atomic mass is 9.94. The molecule has 1 rings (SSSR count). The van der Waals surface area contributed by atoms with Crippen LogP contribution in [-0.4, -0.2) is 35.1 Å². The van der Waals surface area contributed by atoms with Crippen molar-refractivity contribution in [1.29, 1.82) is 0 Å². The fourth-order valence-electron chi connectivity index (χ4n) is 3.22. The van der Waals surface area contributed by atoms with Crippen molar-refractivity contribution < 1.29 is 23.5 Å². The number of nitrogens with one attached hydrogen (secondary N) is 2. The third-order valence-corrected chi connectivity index (χ3v) is 4.46. The van der Waals surface area contributed by atoms with Crippen LogP contribution in [0, 0.1) is 11.6 Å². The van der Waals surface area contributed by atoms with Crippen LogP contribution in [0.25, 0.3) is 0 Å². The summed E-state index contributed by atoms with van der Waals surface area (Å²) in [6.45, 7) is 5.28. The number of hydrogen-bond donors (Lipinski definition) is 3. The topological polar surface area (TPSA) is 78.4 Å². The van der Waals surface area contributed by atoms with Crippen LogP contribution in [0.4, 0.5) is 8.78 Å². The number of carbonyl (C=O) groups excluding carboxylic acids is 2. The lowest BCUT2D eigenvalue weighted by Crippen LogP contribution is -2.47. The molecule has 3 N–H and O–H groups in total. The van der Waals surface area contributed by atoms with E-state index in [1.807, 2.05) is 19.9 Å². The Morgan fingerprint density at radius 1 is 1.10 bits per heavy atom. The standard InChI is InChI=1S/C22H32F2N2O3/c1-4-6-7-9-22(29)26-19(8-5-2)14-21(28)20(25-15(3)27)12-16-10-17(23)13-18(24)11-16/h6-7,10-11,13,19-21,28H,4-5,8-9,12,14H2,1-3H3,(H,25,27)(H,26,29)/t19?,20-,21-/m0/s1. The molecule has 7 heteroatoms. The van der Waals surface area contributed by atoms with Crippen molar-refractivity contribution >= 4 is 11.8 Å². The van der Waals surface area contributed by atoms with Crippen molar-refractivity contribution in [3.8, 4) is 0 Å². The van der Waals surface area contributed by atoms with Gasteiger partial charge in [-0.3, -0.25) is 9.59 Å². The Morgan fingerprint density at radius 2 is 1.76 bits per heavy atom. The first-order chi connectivity index (χ1) is 13.7. The van der Waals surface area contributed by atoms with Gasteiger partial charge in [0, 0.05) is 25.5 Å². The van der Waals surface area contributed by atoms with Gasteiger partial charge in [-0.05, 0) is 43.4 Å². The van der Waals surface area contributed by atoms with Gasteiger partial charge in [-0.15, -0.1) is 0 Å². The van der Waals surface area contributed by atoms with Gasteiger partial charge in [0.1, 0.15) is 11.6 Å². The fourth-order valence-corrected chi connectivity index (χ4v) is 3.22. The second kappa shape index (κ2) is 13.0. The first kappa shape index (κ1) is 24.8. The summed E-state index contributed by atoms with van der Waals surface area (Å²) in [5.74, 6) is -1.92. The number of amides is 2. The third-order valence-electron chi connectivity index (χ3n) is 4.46. The molecule has 0 fully saturated rings. The highest BCUT2D eigenvalue weighted by atomic mass is 19.1. The Bertz CT molecular complexity index is 674. The van der Waals surface area contributed by atoms with Gasteiger partial charge in [-0.1, -0.05) is 32.4 Å². The van der Waals surface area contributed by atoms with Gasteiger partial charge in [-0.2, -0.15) is 0 Å². The average molecular weight is 411 g/mol. The molecule has 2 amide bonds. The second-order valence-electron chi connectivity index (χ2n) is 7.23. The number of halogens is 2. The fraction of sp³-hybridized carbons (Fsp3) is 0.545. The van der Waals surface area contributed by atoms with E-state index in [0.29, 0.717) is 12.0 Å². The summed E-state index contributed by atoms with van der Waals surface area (Å²) in [5, 5.41) is 16.3. The summed E-state index contributed by atoms with van der Waals surface area (Å²) in [7, 11) is 0. The zero-order chi connectivity index (χ0) is 21.8. The first-order valence-electron chi connectivity index (χ1n) is 10.1. The Labute approximate surface area is 171 Å². The molecule has 0 aliphatic rings. The van der Waals surface area contributed by atoms with E-state index in [-0.39, 0.29) is 37.1 Å². The first-order valence-corrected chi connectivity index (χ1v) is 10.1. The van der Waals surface area contributed by atoms with Crippen molar-refractivity contribution in [2.24, 2.45) is 0 Å². The number of rotatable bonds is 12. The predicted molar refractivity (Wildman–Crippen MR) is 109 cm³/mol. The minimum atomic E-state index is -0.992. The van der Waals surface area contributed by atoms with Gasteiger partial charge in [0.15, 0.2) is 0 Å². The Hall–Kier alpha value is -2.28. The normalized spacial score (nSPS) is 14.4. The van der Waals surface area contributed by atoms with E-state index < -0.39 is 23.8 Å². The van der Waals surface area contributed by atoms with Crippen LogP contribution in [0.15, 0.2) is 30.4 Å². The van der Waals surface area contributed by atoms with Gasteiger partial charge >= 0.3 is 0 Å². The molecule has 29 heavy (non-hydrogen) atoms. The molecule has 0 saturated heterocycles. The summed E-state index contributed by atoms with van der Waals surface area (Å²) in [6.07, 6.45) is 5.60. The Balaban J connectivity index is 2.83. The van der Waals surface area contributed by atoms with Gasteiger partial charge in [-0.25, -0.2) is 8.78 Å². The number of aliphatic hydroxyl groups excluding tert-OH is 1. The summed E-state index contributed by atoms with van der Waals surface area (Å²) in [6, 6.07) is 2.13. The zero-order valence-corrected chi connectivity index (χ0v) is 17.4. The van der Waals surface area contributed by atoms with Crippen LogP contribution >= 0.6 is 0 Å². The number of allylic oxidation sites excluding steroid dienone is 1. The highest BCUT2D eigenvalue weighted by molar-refractivity contribution is 5.77. The lowest BCUT2D eigenvalue weighted by Gasteiger charge is -2.28. The molecule has 1 unspecified atom stereocenters. The molecule has 0 spiro atoms. The number of benzene rings is 1. The molecular formula is C22H32F2N2O3. The summed E-state index contributed by atoms with van der Waals surface area (Å²) < 4.78 is 27.0. The zero-order valence-electron chi connectivity index (χ0n) is 17.4. The Morgan fingerprint density at radius 3 is 2.31 bits per heavy atom. The van der Waals surface area contributed by atoms with Crippen molar-refractivity contribution in [1.82, 2.24) is 10.6 Å². The van der Waals surface area contributed by atoms with Gasteiger partial charge in [0.05, 0.1) is 12.1 Å². The van der Waals surface area contributed by atoms with Gasteiger partial charge < -0.3 is 15.7 Å². The van der Waals surface area contributed by atoms with Crippen LogP contribution in [0.3, 0.4) is 0 Å². The maximum atomic E-state index is 13.5. The third kappa shape index (κ3) is 10.2. The van der Waals surface area contributed by atoms with Crippen LogP contribution in [0.1, 0.15) is 58.4 Å². The molecule has 0 aromatic heterocycles. The quantitative estimate of drug-likeness (QED) is 0.462. The van der Waals surface area contributed by atoms with E-state index in [2.05, 4.69) is 10.6 Å². The second-order valence-corrected chi connectivity index (χ2v) is 7.23. The molecule has 0 heterocycles. The van der Waals surface area contributed by atoms with E-state index in [1.165, 1.54) is 19.1 Å². The van der Waals surface area contributed by atoms with Crippen LogP contribution in [0.2, 0.25) is 0 Å². The van der Waals surface area contributed by atoms with Crippen LogP contribution < -0.4 is 10.6 Å². The van der Waals surface area contributed by atoms with Crippen LogP contribution in [-0.2, 0) is 16.0 Å². The Kier molecular flexibility index (Phi) is 11.1. The molecule has 3 atom stereocenters. The lowest BCUT2D eigenvalue weighted by molar-refractivity contribution is -0.122.